The quantitative estimate of drug-likeness (QED) is 0.793. The van der Waals surface area contributed by atoms with Gasteiger partial charge in [-0.15, -0.1) is 0 Å². The largest absolute Gasteiger partial charge is 0.344 e. The van der Waals surface area contributed by atoms with Crippen molar-refractivity contribution in [1.82, 2.24) is 0 Å². The predicted octanol–water partition coefficient (Wildman–Crippen LogP) is 4.17. The number of benzene rings is 2. The molecule has 0 fully saturated rings. The summed E-state index contributed by atoms with van der Waals surface area (Å²) >= 11 is 3.43. The van der Waals surface area contributed by atoms with Crippen molar-refractivity contribution < 1.29 is 9.18 Å². The fourth-order valence-corrected chi connectivity index (χ4v) is 2.33. The third kappa shape index (κ3) is 2.59. The summed E-state index contributed by atoms with van der Waals surface area (Å²) in [6.07, 6.45) is 0.798. The molecular weight excluding hydrogens is 297 g/mol. The highest BCUT2D eigenvalue weighted by molar-refractivity contribution is 9.10. The van der Waals surface area contributed by atoms with Gasteiger partial charge in [0.2, 0.25) is 0 Å². The van der Waals surface area contributed by atoms with Crippen LogP contribution in [0.15, 0.2) is 46.9 Å². The zero-order valence-corrected chi connectivity index (χ0v) is 11.3. The normalized spacial score (nSPS) is 10.2. The van der Waals surface area contributed by atoms with E-state index in [9.17, 15) is 9.18 Å². The highest BCUT2D eigenvalue weighted by Crippen LogP contribution is 2.31. The smallest absolute Gasteiger partial charge is 0.150 e. The molecule has 0 bridgehead atoms. The Labute approximate surface area is 113 Å². The van der Waals surface area contributed by atoms with Gasteiger partial charge in [0.15, 0.2) is 0 Å². The van der Waals surface area contributed by atoms with Crippen molar-refractivity contribution in [2.75, 3.05) is 11.9 Å². The number of carbonyl (C=O) groups excluding carboxylic acids is 1. The second-order valence-corrected chi connectivity index (χ2v) is 4.72. The summed E-state index contributed by atoms with van der Waals surface area (Å²) in [5.41, 5.74) is 2.39. The van der Waals surface area contributed by atoms with Crippen LogP contribution in [0.1, 0.15) is 10.4 Å². The van der Waals surface area contributed by atoms with Gasteiger partial charge in [0, 0.05) is 22.8 Å². The number of aldehydes is 1. The molecule has 92 valence electrons. The summed E-state index contributed by atoms with van der Waals surface area (Å²) in [6, 6.07) is 11.6. The SMILES string of the molecule is CN(c1ccc(F)cc1)c1ccc(C=O)cc1Br. The fourth-order valence-electron chi connectivity index (χ4n) is 1.67. The molecule has 0 aromatic heterocycles. The van der Waals surface area contributed by atoms with E-state index < -0.39 is 0 Å². The van der Waals surface area contributed by atoms with Crippen LogP contribution >= 0.6 is 15.9 Å². The van der Waals surface area contributed by atoms with Gasteiger partial charge >= 0.3 is 0 Å². The van der Waals surface area contributed by atoms with E-state index in [1.165, 1.54) is 12.1 Å². The molecule has 0 saturated carbocycles. The Morgan fingerprint density at radius 1 is 1.17 bits per heavy atom. The Hall–Kier alpha value is -1.68. The maximum absolute atomic E-state index is 12.9. The Kier molecular flexibility index (Phi) is 3.77. The average Bonchev–Trinajstić information content (AvgIpc) is 2.38. The first-order valence-corrected chi connectivity index (χ1v) is 6.15. The molecule has 18 heavy (non-hydrogen) atoms. The standard InChI is InChI=1S/C14H11BrFNO/c1-17(12-5-3-11(16)4-6-12)14-7-2-10(9-18)8-13(14)15/h2-9H,1H3. The predicted molar refractivity (Wildman–Crippen MR) is 74.0 cm³/mol. The topological polar surface area (TPSA) is 20.3 Å². The van der Waals surface area contributed by atoms with Crippen LogP contribution in [-0.4, -0.2) is 13.3 Å². The number of anilines is 2. The van der Waals surface area contributed by atoms with Gasteiger partial charge in [-0.3, -0.25) is 4.79 Å². The molecule has 0 N–H and O–H groups in total. The average molecular weight is 308 g/mol. The number of carbonyl (C=O) groups is 1. The van der Waals surface area contributed by atoms with Gasteiger partial charge in [-0.2, -0.15) is 0 Å². The van der Waals surface area contributed by atoms with Crippen LogP contribution in [0.25, 0.3) is 0 Å². The Morgan fingerprint density at radius 3 is 2.39 bits per heavy atom. The van der Waals surface area contributed by atoms with Crippen molar-refractivity contribution in [2.45, 2.75) is 0 Å². The molecular formula is C14H11BrFNO. The first-order valence-electron chi connectivity index (χ1n) is 5.36. The van der Waals surface area contributed by atoms with E-state index in [0.29, 0.717) is 5.56 Å². The molecule has 0 aliphatic heterocycles. The van der Waals surface area contributed by atoms with Crippen LogP contribution in [0, 0.1) is 5.82 Å². The summed E-state index contributed by atoms with van der Waals surface area (Å²) in [4.78, 5) is 12.6. The summed E-state index contributed by atoms with van der Waals surface area (Å²) in [5, 5.41) is 0. The van der Waals surface area contributed by atoms with Crippen molar-refractivity contribution in [3.63, 3.8) is 0 Å². The second kappa shape index (κ2) is 5.31. The van der Waals surface area contributed by atoms with E-state index in [1.54, 1.807) is 24.3 Å². The van der Waals surface area contributed by atoms with Gasteiger partial charge in [-0.25, -0.2) is 4.39 Å². The zero-order valence-electron chi connectivity index (χ0n) is 9.73. The van der Waals surface area contributed by atoms with Crippen molar-refractivity contribution in [3.8, 4) is 0 Å². The van der Waals surface area contributed by atoms with Crippen LogP contribution < -0.4 is 4.90 Å². The third-order valence-corrected chi connectivity index (χ3v) is 3.32. The van der Waals surface area contributed by atoms with Gasteiger partial charge in [0.25, 0.3) is 0 Å². The minimum atomic E-state index is -0.262. The van der Waals surface area contributed by atoms with Crippen molar-refractivity contribution >= 4 is 33.6 Å². The molecule has 0 unspecified atom stereocenters. The minimum Gasteiger partial charge on any atom is -0.344 e. The molecule has 0 aliphatic rings. The minimum absolute atomic E-state index is 0.262. The molecule has 0 spiro atoms. The molecule has 2 aromatic carbocycles. The maximum atomic E-state index is 12.9. The fraction of sp³-hybridized carbons (Fsp3) is 0.0714. The Bertz CT molecular complexity index is 569. The number of nitrogens with zero attached hydrogens (tertiary/aromatic N) is 1. The zero-order chi connectivity index (χ0) is 13.1. The van der Waals surface area contributed by atoms with E-state index in [0.717, 1.165) is 22.1 Å². The first kappa shape index (κ1) is 12.8. The molecule has 0 saturated heterocycles. The van der Waals surface area contributed by atoms with E-state index in [4.69, 9.17) is 0 Å². The number of hydrogen-bond acceptors (Lipinski definition) is 2. The summed E-state index contributed by atoms with van der Waals surface area (Å²) in [6.45, 7) is 0. The first-order chi connectivity index (χ1) is 8.61. The van der Waals surface area contributed by atoms with Crippen LogP contribution in [0.2, 0.25) is 0 Å². The van der Waals surface area contributed by atoms with E-state index in [-0.39, 0.29) is 5.82 Å². The third-order valence-electron chi connectivity index (χ3n) is 2.68. The van der Waals surface area contributed by atoms with Gasteiger partial charge in [0.05, 0.1) is 5.69 Å². The lowest BCUT2D eigenvalue weighted by atomic mass is 10.2. The van der Waals surface area contributed by atoms with E-state index in [2.05, 4.69) is 15.9 Å². The molecule has 2 rings (SSSR count). The molecule has 0 amide bonds. The van der Waals surface area contributed by atoms with Crippen LogP contribution in [0.4, 0.5) is 15.8 Å². The molecule has 0 aliphatic carbocycles. The van der Waals surface area contributed by atoms with Gasteiger partial charge in [-0.05, 0) is 58.4 Å². The molecule has 0 atom stereocenters. The monoisotopic (exact) mass is 307 g/mol. The lowest BCUT2D eigenvalue weighted by molar-refractivity contribution is 0.112. The molecule has 0 radical (unpaired) electrons. The van der Waals surface area contributed by atoms with Crippen LogP contribution in [-0.2, 0) is 0 Å². The van der Waals surface area contributed by atoms with Gasteiger partial charge in [-0.1, -0.05) is 0 Å². The van der Waals surface area contributed by atoms with Gasteiger partial charge in [0.1, 0.15) is 12.1 Å². The van der Waals surface area contributed by atoms with Gasteiger partial charge < -0.3 is 4.90 Å². The summed E-state index contributed by atoms with van der Waals surface area (Å²) in [7, 11) is 1.88. The van der Waals surface area contributed by atoms with Crippen LogP contribution in [0.3, 0.4) is 0 Å². The highest BCUT2D eigenvalue weighted by Gasteiger charge is 2.08. The van der Waals surface area contributed by atoms with Crippen molar-refractivity contribution in [2.24, 2.45) is 0 Å². The van der Waals surface area contributed by atoms with Crippen LogP contribution in [0.5, 0.6) is 0 Å². The van der Waals surface area contributed by atoms with E-state index >= 15 is 0 Å². The number of halogens is 2. The lowest BCUT2D eigenvalue weighted by Crippen LogP contribution is -2.10. The molecule has 0 heterocycles. The maximum Gasteiger partial charge on any atom is 0.150 e. The second-order valence-electron chi connectivity index (χ2n) is 3.86. The molecule has 4 heteroatoms. The number of rotatable bonds is 3. The van der Waals surface area contributed by atoms with Crippen molar-refractivity contribution in [1.29, 1.82) is 0 Å². The molecule has 2 nitrogen and oxygen atoms in total. The summed E-state index contributed by atoms with van der Waals surface area (Å²) < 4.78 is 13.7. The van der Waals surface area contributed by atoms with Crippen molar-refractivity contribution in [3.05, 3.63) is 58.3 Å². The summed E-state index contributed by atoms with van der Waals surface area (Å²) in [5.74, 6) is -0.262. The van der Waals surface area contributed by atoms with E-state index in [1.807, 2.05) is 18.0 Å². The number of hydrogen-bond donors (Lipinski definition) is 0. The highest BCUT2D eigenvalue weighted by atomic mass is 79.9. The Balaban J connectivity index is 2.36. The molecule has 2 aromatic rings. The Morgan fingerprint density at radius 2 is 1.83 bits per heavy atom. The lowest BCUT2D eigenvalue weighted by Gasteiger charge is -2.21.